The van der Waals surface area contributed by atoms with Gasteiger partial charge in [-0.15, -0.1) is 0 Å². The van der Waals surface area contributed by atoms with Crippen molar-refractivity contribution in [3.8, 4) is 5.75 Å². The first-order valence-electron chi connectivity index (χ1n) is 9.57. The van der Waals surface area contributed by atoms with Gasteiger partial charge in [0, 0.05) is 43.7 Å². The summed E-state index contributed by atoms with van der Waals surface area (Å²) in [6, 6.07) is 10.6. The lowest BCUT2D eigenvalue weighted by atomic mass is 10.1. The number of hydrogen-bond donors (Lipinski definition) is 2. The van der Waals surface area contributed by atoms with E-state index in [4.69, 9.17) is 9.15 Å². The molecule has 1 saturated heterocycles. The number of sulfonamides is 1. The average Bonchev–Trinajstić information content (AvgIpc) is 3.17. The molecule has 29 heavy (non-hydrogen) atoms. The van der Waals surface area contributed by atoms with E-state index in [1.807, 2.05) is 25.1 Å². The van der Waals surface area contributed by atoms with E-state index >= 15 is 0 Å². The molecule has 2 heterocycles. The third-order valence-electron chi connectivity index (χ3n) is 5.09. The van der Waals surface area contributed by atoms with Crippen molar-refractivity contribution in [2.45, 2.75) is 18.4 Å². The number of piperazine rings is 1. The van der Waals surface area contributed by atoms with Crippen LogP contribution in [0.25, 0.3) is 11.0 Å². The number of rotatable bonds is 6. The van der Waals surface area contributed by atoms with Crippen molar-refractivity contribution in [1.29, 1.82) is 0 Å². The molecule has 7 nitrogen and oxygen atoms in total. The Morgan fingerprint density at radius 1 is 1.17 bits per heavy atom. The zero-order valence-electron chi connectivity index (χ0n) is 16.6. The smallest absolute Gasteiger partial charge is 0.265 e. The van der Waals surface area contributed by atoms with Crippen molar-refractivity contribution in [3.05, 3.63) is 53.8 Å². The molecule has 1 aliphatic rings. The molecule has 3 aromatic rings. The van der Waals surface area contributed by atoms with Crippen LogP contribution in [0.3, 0.4) is 0 Å². The molecule has 0 amide bonds. The van der Waals surface area contributed by atoms with Crippen LogP contribution in [0.5, 0.6) is 5.75 Å². The number of ether oxygens (including phenoxy) is 1. The molecule has 1 aromatic heterocycles. The summed E-state index contributed by atoms with van der Waals surface area (Å²) in [5, 5.41) is 4.21. The van der Waals surface area contributed by atoms with Gasteiger partial charge in [0.1, 0.15) is 16.2 Å². The Morgan fingerprint density at radius 3 is 2.72 bits per heavy atom. The zero-order chi connectivity index (χ0) is 20.4. The minimum absolute atomic E-state index is 0.121. The molecule has 0 saturated carbocycles. The molecular formula is C21H25N3O4S. The molecule has 0 radical (unpaired) electrons. The number of hydrogen-bond acceptors (Lipinski definition) is 6. The van der Waals surface area contributed by atoms with Gasteiger partial charge < -0.3 is 14.5 Å². The molecule has 0 aliphatic carbocycles. The SMILES string of the molecule is COc1ccc(C)cc1S(=O)(=O)Nc1cc(CN2CCNCC2)c2occc2c1. The Balaban J connectivity index is 1.68. The molecule has 154 valence electrons. The van der Waals surface area contributed by atoms with E-state index in [2.05, 4.69) is 14.9 Å². The molecule has 8 heteroatoms. The predicted octanol–water partition coefficient (Wildman–Crippen LogP) is 2.96. The highest BCUT2D eigenvalue weighted by molar-refractivity contribution is 7.92. The van der Waals surface area contributed by atoms with Crippen LogP contribution in [-0.2, 0) is 16.6 Å². The van der Waals surface area contributed by atoms with Gasteiger partial charge in [-0.2, -0.15) is 0 Å². The summed E-state index contributed by atoms with van der Waals surface area (Å²) in [5.74, 6) is 0.313. The molecular weight excluding hydrogens is 390 g/mol. The van der Waals surface area contributed by atoms with Crippen molar-refractivity contribution in [2.75, 3.05) is 38.0 Å². The third-order valence-corrected chi connectivity index (χ3v) is 6.49. The molecule has 2 aromatic carbocycles. The standard InChI is InChI=1S/C21H25N3O4S/c1-15-3-4-19(27-2)20(11-15)29(25,26)23-18-12-16-5-10-28-21(16)17(13-18)14-24-8-6-22-7-9-24/h3-5,10-13,22-23H,6-9,14H2,1-2H3. The Labute approximate surface area is 170 Å². The van der Waals surface area contributed by atoms with E-state index in [0.29, 0.717) is 18.0 Å². The van der Waals surface area contributed by atoms with Gasteiger partial charge in [0.25, 0.3) is 10.0 Å². The highest BCUT2D eigenvalue weighted by Gasteiger charge is 2.21. The lowest BCUT2D eigenvalue weighted by Crippen LogP contribution is -2.42. The minimum atomic E-state index is -3.81. The normalized spacial score (nSPS) is 15.5. The van der Waals surface area contributed by atoms with Crippen molar-refractivity contribution >= 4 is 26.7 Å². The second kappa shape index (κ2) is 8.06. The number of nitrogens with zero attached hydrogens (tertiary/aromatic N) is 1. The fourth-order valence-corrected chi connectivity index (χ4v) is 4.94. The van der Waals surface area contributed by atoms with Gasteiger partial charge >= 0.3 is 0 Å². The number of nitrogens with one attached hydrogen (secondary N) is 2. The maximum Gasteiger partial charge on any atom is 0.265 e. The van der Waals surface area contributed by atoms with Gasteiger partial charge in [-0.25, -0.2) is 8.42 Å². The topological polar surface area (TPSA) is 83.8 Å². The van der Waals surface area contributed by atoms with Gasteiger partial charge in [-0.1, -0.05) is 6.07 Å². The quantitative estimate of drug-likeness (QED) is 0.644. The summed E-state index contributed by atoms with van der Waals surface area (Å²) in [4.78, 5) is 2.45. The summed E-state index contributed by atoms with van der Waals surface area (Å²) in [6.07, 6.45) is 1.63. The maximum absolute atomic E-state index is 13.1. The minimum Gasteiger partial charge on any atom is -0.495 e. The number of anilines is 1. The summed E-state index contributed by atoms with van der Waals surface area (Å²) in [5.41, 5.74) is 3.10. The fraction of sp³-hybridized carbons (Fsp3) is 0.333. The van der Waals surface area contributed by atoms with Gasteiger partial charge in [0.05, 0.1) is 19.1 Å². The van der Waals surface area contributed by atoms with Crippen molar-refractivity contribution in [3.63, 3.8) is 0 Å². The number of benzene rings is 2. The van der Waals surface area contributed by atoms with Crippen molar-refractivity contribution in [1.82, 2.24) is 10.2 Å². The molecule has 1 fully saturated rings. The monoisotopic (exact) mass is 415 g/mol. The summed E-state index contributed by atoms with van der Waals surface area (Å²) < 4.78 is 39.8. The zero-order valence-corrected chi connectivity index (χ0v) is 17.4. The molecule has 0 spiro atoms. The molecule has 0 bridgehead atoms. The summed E-state index contributed by atoms with van der Waals surface area (Å²) >= 11 is 0. The Morgan fingerprint density at radius 2 is 1.97 bits per heavy atom. The largest absolute Gasteiger partial charge is 0.495 e. The predicted molar refractivity (Wildman–Crippen MR) is 113 cm³/mol. The lowest BCUT2D eigenvalue weighted by molar-refractivity contribution is 0.233. The van der Waals surface area contributed by atoms with E-state index in [1.165, 1.54) is 7.11 Å². The van der Waals surface area contributed by atoms with Crippen LogP contribution >= 0.6 is 0 Å². The highest BCUT2D eigenvalue weighted by Crippen LogP contribution is 2.30. The molecule has 2 N–H and O–H groups in total. The van der Waals surface area contributed by atoms with Gasteiger partial charge in [-0.3, -0.25) is 9.62 Å². The third kappa shape index (κ3) is 4.24. The Kier molecular flexibility index (Phi) is 5.49. The Hall–Kier alpha value is -2.55. The van der Waals surface area contributed by atoms with E-state index in [1.54, 1.807) is 24.5 Å². The second-order valence-corrected chi connectivity index (χ2v) is 8.91. The maximum atomic E-state index is 13.1. The number of methoxy groups -OCH3 is 1. The number of aryl methyl sites for hydroxylation is 1. The highest BCUT2D eigenvalue weighted by atomic mass is 32.2. The van der Waals surface area contributed by atoms with Crippen molar-refractivity contribution in [2.24, 2.45) is 0 Å². The van der Waals surface area contributed by atoms with Crippen LogP contribution in [-0.4, -0.2) is 46.6 Å². The summed E-state index contributed by atoms with van der Waals surface area (Å²) in [6.45, 7) is 6.33. The van der Waals surface area contributed by atoms with E-state index in [0.717, 1.165) is 48.3 Å². The first-order chi connectivity index (χ1) is 14.0. The first-order valence-corrected chi connectivity index (χ1v) is 11.1. The number of fused-ring (bicyclic) bond motifs is 1. The Bertz CT molecular complexity index is 1120. The first kappa shape index (κ1) is 19.8. The van der Waals surface area contributed by atoms with Crippen LogP contribution in [0.1, 0.15) is 11.1 Å². The van der Waals surface area contributed by atoms with Crippen molar-refractivity contribution < 1.29 is 17.6 Å². The summed E-state index contributed by atoms with van der Waals surface area (Å²) in [7, 11) is -2.34. The van der Waals surface area contributed by atoms with Gasteiger partial charge in [-0.05, 0) is 42.8 Å². The van der Waals surface area contributed by atoms with Gasteiger partial charge in [0.15, 0.2) is 0 Å². The van der Waals surface area contributed by atoms with E-state index in [-0.39, 0.29) is 4.90 Å². The number of furan rings is 1. The average molecular weight is 416 g/mol. The second-order valence-electron chi connectivity index (χ2n) is 7.26. The van der Waals surface area contributed by atoms with E-state index in [9.17, 15) is 8.42 Å². The van der Waals surface area contributed by atoms with Crippen LogP contribution in [0.2, 0.25) is 0 Å². The fourth-order valence-electron chi connectivity index (χ4n) is 3.65. The van der Waals surface area contributed by atoms with Crippen LogP contribution < -0.4 is 14.8 Å². The molecule has 1 aliphatic heterocycles. The van der Waals surface area contributed by atoms with Gasteiger partial charge in [0.2, 0.25) is 0 Å². The van der Waals surface area contributed by atoms with Crippen LogP contribution in [0.15, 0.2) is 52.0 Å². The van der Waals surface area contributed by atoms with E-state index < -0.39 is 10.0 Å². The van der Waals surface area contributed by atoms with Crippen LogP contribution in [0.4, 0.5) is 5.69 Å². The molecule has 4 rings (SSSR count). The molecule has 0 atom stereocenters. The lowest BCUT2D eigenvalue weighted by Gasteiger charge is -2.27. The molecule has 0 unspecified atom stereocenters. The van der Waals surface area contributed by atoms with Crippen LogP contribution in [0, 0.1) is 6.92 Å².